The Labute approximate surface area is 105 Å². The molecular formula is C12H8BrNOS. The summed E-state index contributed by atoms with van der Waals surface area (Å²) in [6, 6.07) is 9.83. The minimum absolute atomic E-state index is 0.0596. The molecule has 1 N–H and O–H groups in total. The van der Waals surface area contributed by atoms with Crippen molar-refractivity contribution in [3.63, 3.8) is 0 Å². The molecule has 0 spiro atoms. The smallest absolute Gasteiger partial charge is 0.237 e. The maximum absolute atomic E-state index is 12.0. The van der Waals surface area contributed by atoms with Crippen molar-refractivity contribution in [1.29, 1.82) is 0 Å². The zero-order valence-electron chi connectivity index (χ0n) is 8.24. The first-order valence-electron chi connectivity index (χ1n) is 4.90. The third-order valence-electron chi connectivity index (χ3n) is 2.70. The van der Waals surface area contributed by atoms with Crippen molar-refractivity contribution in [3.8, 4) is 0 Å². The molecule has 0 radical (unpaired) electrons. The van der Waals surface area contributed by atoms with E-state index in [9.17, 15) is 4.79 Å². The number of hydrogen-bond acceptors (Lipinski definition) is 2. The average molecular weight is 294 g/mol. The van der Waals surface area contributed by atoms with E-state index in [1.54, 1.807) is 11.3 Å². The van der Waals surface area contributed by atoms with Crippen molar-refractivity contribution in [2.24, 2.45) is 0 Å². The summed E-state index contributed by atoms with van der Waals surface area (Å²) < 4.78 is 1.01. The van der Waals surface area contributed by atoms with Crippen LogP contribution in [0.4, 0.5) is 5.69 Å². The van der Waals surface area contributed by atoms with Gasteiger partial charge in [0.1, 0.15) is 5.92 Å². The number of carbonyl (C=O) groups is 1. The molecule has 0 saturated carbocycles. The highest BCUT2D eigenvalue weighted by atomic mass is 79.9. The maximum atomic E-state index is 12.0. The summed E-state index contributed by atoms with van der Waals surface area (Å²) in [6.45, 7) is 0. The second kappa shape index (κ2) is 3.71. The van der Waals surface area contributed by atoms with Crippen molar-refractivity contribution in [2.45, 2.75) is 5.92 Å². The molecule has 0 saturated heterocycles. The Kier molecular flexibility index (Phi) is 2.33. The highest BCUT2D eigenvalue weighted by Crippen LogP contribution is 2.41. The van der Waals surface area contributed by atoms with Crippen LogP contribution in [0.5, 0.6) is 0 Å². The summed E-state index contributed by atoms with van der Waals surface area (Å²) in [5.74, 6) is -0.102. The molecule has 2 heterocycles. The highest BCUT2D eigenvalue weighted by molar-refractivity contribution is 9.10. The predicted octanol–water partition coefficient (Wildman–Crippen LogP) is 3.59. The van der Waals surface area contributed by atoms with E-state index in [1.165, 1.54) is 0 Å². The Balaban J connectivity index is 2.16. The van der Waals surface area contributed by atoms with Gasteiger partial charge in [0.25, 0.3) is 0 Å². The zero-order valence-corrected chi connectivity index (χ0v) is 10.6. The fourth-order valence-electron chi connectivity index (χ4n) is 1.98. The summed E-state index contributed by atoms with van der Waals surface area (Å²) >= 11 is 5.09. The molecule has 0 fully saturated rings. The lowest BCUT2D eigenvalue weighted by atomic mass is 9.99. The topological polar surface area (TPSA) is 29.1 Å². The van der Waals surface area contributed by atoms with Crippen LogP contribution in [0.1, 0.15) is 16.4 Å². The number of benzene rings is 1. The van der Waals surface area contributed by atoms with Crippen LogP contribution in [0.3, 0.4) is 0 Å². The molecule has 16 heavy (non-hydrogen) atoms. The predicted molar refractivity (Wildman–Crippen MR) is 68.9 cm³/mol. The molecule has 4 heteroatoms. The number of halogens is 1. The van der Waals surface area contributed by atoms with Crippen molar-refractivity contribution in [2.75, 3.05) is 5.32 Å². The van der Waals surface area contributed by atoms with Gasteiger partial charge in [-0.2, -0.15) is 0 Å². The van der Waals surface area contributed by atoms with Crippen molar-refractivity contribution in [1.82, 2.24) is 0 Å². The minimum Gasteiger partial charge on any atom is -0.325 e. The summed E-state index contributed by atoms with van der Waals surface area (Å²) in [6.07, 6.45) is 0. The first kappa shape index (κ1) is 10.1. The number of para-hydroxylation sites is 1. The molecule has 1 unspecified atom stereocenters. The quantitative estimate of drug-likeness (QED) is 0.855. The van der Waals surface area contributed by atoms with Gasteiger partial charge in [0.05, 0.1) is 0 Å². The number of carbonyl (C=O) groups excluding carboxylic acids is 1. The number of thiophene rings is 1. The largest absolute Gasteiger partial charge is 0.325 e. The third-order valence-corrected chi connectivity index (χ3v) is 4.63. The van der Waals surface area contributed by atoms with Crippen LogP contribution in [0.15, 0.2) is 40.2 Å². The van der Waals surface area contributed by atoms with E-state index in [2.05, 4.69) is 21.2 Å². The molecular weight excluding hydrogens is 286 g/mol. The van der Waals surface area contributed by atoms with E-state index < -0.39 is 0 Å². The Bertz CT molecular complexity index is 564. The van der Waals surface area contributed by atoms with Crippen LogP contribution in [0, 0.1) is 0 Å². The van der Waals surface area contributed by atoms with E-state index in [4.69, 9.17) is 0 Å². The molecule has 1 aliphatic rings. The molecule has 3 rings (SSSR count). The van der Waals surface area contributed by atoms with E-state index in [-0.39, 0.29) is 11.8 Å². The number of rotatable bonds is 1. The Morgan fingerprint density at radius 3 is 2.81 bits per heavy atom. The Morgan fingerprint density at radius 1 is 1.25 bits per heavy atom. The highest BCUT2D eigenvalue weighted by Gasteiger charge is 2.33. The van der Waals surface area contributed by atoms with Crippen LogP contribution in [-0.4, -0.2) is 5.91 Å². The fourth-order valence-corrected chi connectivity index (χ4v) is 3.70. The normalized spacial score (nSPS) is 18.3. The maximum Gasteiger partial charge on any atom is 0.237 e. The molecule has 0 aliphatic carbocycles. The summed E-state index contributed by atoms with van der Waals surface area (Å²) in [4.78, 5) is 13.0. The summed E-state index contributed by atoms with van der Waals surface area (Å²) in [5, 5.41) is 4.90. The molecule has 1 aromatic carbocycles. The average Bonchev–Trinajstić information content (AvgIpc) is 2.81. The lowest BCUT2D eigenvalue weighted by molar-refractivity contribution is -0.116. The van der Waals surface area contributed by atoms with Gasteiger partial charge in [-0.25, -0.2) is 0 Å². The fraction of sp³-hybridized carbons (Fsp3) is 0.0833. The second-order valence-electron chi connectivity index (χ2n) is 3.64. The summed E-state index contributed by atoms with van der Waals surface area (Å²) in [7, 11) is 0. The second-order valence-corrected chi connectivity index (χ2v) is 5.44. The van der Waals surface area contributed by atoms with Crippen molar-refractivity contribution < 1.29 is 4.79 Å². The van der Waals surface area contributed by atoms with E-state index >= 15 is 0 Å². The monoisotopic (exact) mass is 293 g/mol. The van der Waals surface area contributed by atoms with Gasteiger partial charge in [0.15, 0.2) is 0 Å². The van der Waals surface area contributed by atoms with Crippen LogP contribution >= 0.6 is 27.3 Å². The van der Waals surface area contributed by atoms with E-state index in [1.807, 2.05) is 35.7 Å². The first-order chi connectivity index (χ1) is 7.77. The van der Waals surface area contributed by atoms with E-state index in [0.717, 1.165) is 20.6 Å². The Morgan fingerprint density at radius 2 is 2.06 bits per heavy atom. The van der Waals surface area contributed by atoms with Gasteiger partial charge in [0.2, 0.25) is 5.91 Å². The first-order valence-corrected chi connectivity index (χ1v) is 6.57. The number of amides is 1. The summed E-state index contributed by atoms with van der Waals surface area (Å²) in [5.41, 5.74) is 1.99. The Hall–Kier alpha value is -1.13. The lowest BCUT2D eigenvalue weighted by Crippen LogP contribution is -2.12. The van der Waals surface area contributed by atoms with Crippen LogP contribution in [-0.2, 0) is 4.79 Å². The van der Waals surface area contributed by atoms with Gasteiger partial charge in [-0.05, 0) is 39.0 Å². The van der Waals surface area contributed by atoms with Gasteiger partial charge in [-0.3, -0.25) is 4.79 Å². The van der Waals surface area contributed by atoms with Crippen molar-refractivity contribution >= 4 is 38.9 Å². The van der Waals surface area contributed by atoms with Gasteiger partial charge in [-0.15, -0.1) is 11.3 Å². The van der Waals surface area contributed by atoms with Crippen LogP contribution in [0.25, 0.3) is 0 Å². The SMILES string of the molecule is O=C1Nc2ccccc2C1c1sccc1Br. The van der Waals surface area contributed by atoms with Crippen LogP contribution in [0.2, 0.25) is 0 Å². The number of fused-ring (bicyclic) bond motifs is 1. The van der Waals surface area contributed by atoms with Gasteiger partial charge < -0.3 is 5.32 Å². The van der Waals surface area contributed by atoms with Crippen LogP contribution < -0.4 is 5.32 Å². The molecule has 1 aromatic heterocycles. The van der Waals surface area contributed by atoms with E-state index in [0.29, 0.717) is 0 Å². The molecule has 80 valence electrons. The van der Waals surface area contributed by atoms with Crippen molar-refractivity contribution in [3.05, 3.63) is 50.6 Å². The standard InChI is InChI=1S/C12H8BrNOS/c13-8-5-6-16-11(8)10-7-3-1-2-4-9(7)14-12(10)15/h1-6,10H,(H,14,15). The molecule has 2 aromatic rings. The van der Waals surface area contributed by atoms with Gasteiger partial charge in [0, 0.05) is 15.0 Å². The minimum atomic E-state index is -0.162. The zero-order chi connectivity index (χ0) is 11.1. The molecule has 1 atom stereocenters. The van der Waals surface area contributed by atoms with Gasteiger partial charge >= 0.3 is 0 Å². The number of nitrogens with one attached hydrogen (secondary N) is 1. The molecule has 1 aliphatic heterocycles. The number of hydrogen-bond donors (Lipinski definition) is 1. The third kappa shape index (κ3) is 1.41. The lowest BCUT2D eigenvalue weighted by Gasteiger charge is -2.06. The van der Waals surface area contributed by atoms with Gasteiger partial charge in [-0.1, -0.05) is 18.2 Å². The molecule has 2 nitrogen and oxygen atoms in total. The number of anilines is 1. The molecule has 1 amide bonds. The molecule has 0 bridgehead atoms.